The van der Waals surface area contributed by atoms with E-state index in [0.29, 0.717) is 37.0 Å². The van der Waals surface area contributed by atoms with E-state index >= 15 is 0 Å². The molecule has 3 aliphatic rings. The minimum atomic E-state index is -0.319. The van der Waals surface area contributed by atoms with E-state index in [-0.39, 0.29) is 11.2 Å². The molecule has 3 aromatic rings. The van der Waals surface area contributed by atoms with Crippen molar-refractivity contribution in [3.8, 4) is 0 Å². The standard InChI is InChI=1S/C26H34N8O2/c1-29-23-22(24(35)33(26(29)36)18-30-13-7-3-8-14-30)32-17-21(20-11-5-2-6-12-20)28-34(25(32)27-23)19-31-15-9-4-10-16-31/h2,5-6,11-12H,3-4,7-10,13-19H2,1H3. The van der Waals surface area contributed by atoms with Crippen LogP contribution in [0.2, 0.25) is 0 Å². The molecular formula is C26H34N8O2. The number of benzene rings is 1. The van der Waals surface area contributed by atoms with E-state index in [1.807, 2.05) is 39.9 Å². The van der Waals surface area contributed by atoms with Crippen LogP contribution in [-0.4, -0.2) is 67.0 Å². The molecule has 2 saturated heterocycles. The molecule has 1 aromatic carbocycles. The summed E-state index contributed by atoms with van der Waals surface area (Å²) >= 11 is 0. The summed E-state index contributed by atoms with van der Waals surface area (Å²) in [4.78, 5) is 36.5. The zero-order chi connectivity index (χ0) is 24.6. The van der Waals surface area contributed by atoms with Gasteiger partial charge < -0.3 is 0 Å². The van der Waals surface area contributed by atoms with Gasteiger partial charge in [0.25, 0.3) is 5.56 Å². The molecule has 10 nitrogen and oxygen atoms in total. The van der Waals surface area contributed by atoms with Gasteiger partial charge in [-0.15, -0.1) is 0 Å². The number of anilines is 1. The molecule has 5 heterocycles. The molecule has 2 aromatic heterocycles. The number of likely N-dealkylation sites (tertiary alicyclic amines) is 2. The first-order valence-electron chi connectivity index (χ1n) is 13.2. The van der Waals surface area contributed by atoms with Crippen LogP contribution in [0.25, 0.3) is 11.2 Å². The van der Waals surface area contributed by atoms with Crippen molar-refractivity contribution in [3.05, 3.63) is 56.7 Å². The number of nitrogens with zero attached hydrogens (tertiary/aromatic N) is 8. The van der Waals surface area contributed by atoms with Gasteiger partial charge in [-0.3, -0.25) is 23.7 Å². The van der Waals surface area contributed by atoms with Crippen molar-refractivity contribution in [2.45, 2.75) is 51.7 Å². The van der Waals surface area contributed by atoms with E-state index < -0.39 is 0 Å². The molecule has 0 radical (unpaired) electrons. The molecule has 0 bridgehead atoms. The predicted octanol–water partition coefficient (Wildman–Crippen LogP) is 2.01. The molecule has 36 heavy (non-hydrogen) atoms. The molecule has 0 saturated carbocycles. The summed E-state index contributed by atoms with van der Waals surface area (Å²) < 4.78 is 4.86. The summed E-state index contributed by atoms with van der Waals surface area (Å²) in [5, 5.41) is 6.91. The van der Waals surface area contributed by atoms with Crippen LogP contribution in [-0.2, 0) is 20.3 Å². The third-order valence-electron chi connectivity index (χ3n) is 7.67. The van der Waals surface area contributed by atoms with Gasteiger partial charge in [-0.2, -0.15) is 10.1 Å². The van der Waals surface area contributed by atoms with Gasteiger partial charge in [0, 0.05) is 7.05 Å². The quantitative estimate of drug-likeness (QED) is 0.544. The van der Waals surface area contributed by atoms with E-state index in [0.717, 1.165) is 50.3 Å². The van der Waals surface area contributed by atoms with Gasteiger partial charge in [0.1, 0.15) is 0 Å². The molecule has 2 fully saturated rings. The summed E-state index contributed by atoms with van der Waals surface area (Å²) in [6.07, 6.45) is 7.01. The lowest BCUT2D eigenvalue weighted by Crippen LogP contribution is -2.45. The molecule has 10 heteroatoms. The smallest absolute Gasteiger partial charge is 0.297 e. The highest BCUT2D eigenvalue weighted by molar-refractivity contribution is 6.02. The first-order valence-corrected chi connectivity index (χ1v) is 13.2. The number of hydrazone groups is 1. The lowest BCUT2D eigenvalue weighted by Gasteiger charge is -2.33. The Hall–Kier alpha value is -3.24. The zero-order valence-corrected chi connectivity index (χ0v) is 21.0. The molecule has 0 atom stereocenters. The van der Waals surface area contributed by atoms with Crippen molar-refractivity contribution in [1.82, 2.24) is 28.5 Å². The summed E-state index contributed by atoms with van der Waals surface area (Å²) in [6, 6.07) is 10.1. The van der Waals surface area contributed by atoms with E-state index in [1.165, 1.54) is 34.8 Å². The van der Waals surface area contributed by atoms with E-state index in [9.17, 15) is 9.59 Å². The van der Waals surface area contributed by atoms with Gasteiger partial charge in [-0.25, -0.2) is 14.4 Å². The number of rotatable bonds is 5. The number of piperidine rings is 2. The fourth-order valence-electron chi connectivity index (χ4n) is 5.67. The maximum absolute atomic E-state index is 13.8. The Morgan fingerprint density at radius 2 is 1.47 bits per heavy atom. The normalized spacial score (nSPS) is 19.5. The highest BCUT2D eigenvalue weighted by atomic mass is 16.2. The van der Waals surface area contributed by atoms with Crippen LogP contribution in [0.5, 0.6) is 0 Å². The first kappa shape index (κ1) is 23.2. The van der Waals surface area contributed by atoms with Gasteiger partial charge in [0.15, 0.2) is 11.2 Å². The average Bonchev–Trinajstić information content (AvgIpc) is 3.32. The maximum atomic E-state index is 13.8. The Morgan fingerprint density at radius 1 is 0.833 bits per heavy atom. The Balaban J connectivity index is 1.47. The Kier molecular flexibility index (Phi) is 6.22. The number of imidazole rings is 1. The summed E-state index contributed by atoms with van der Waals surface area (Å²) in [5.74, 6) is 0.623. The molecular weight excluding hydrogens is 456 g/mol. The molecule has 3 aliphatic heterocycles. The lowest BCUT2D eigenvalue weighted by atomic mass is 10.1. The second-order valence-corrected chi connectivity index (χ2v) is 10.2. The molecule has 0 spiro atoms. The van der Waals surface area contributed by atoms with Gasteiger partial charge in [-0.05, 0) is 57.4 Å². The Labute approximate surface area is 210 Å². The Bertz CT molecular complexity index is 1390. The first-order chi connectivity index (χ1) is 17.6. The fraction of sp³-hybridized carbons (Fsp3) is 0.538. The van der Waals surface area contributed by atoms with E-state index in [2.05, 4.69) is 9.80 Å². The van der Waals surface area contributed by atoms with Gasteiger partial charge in [-0.1, -0.05) is 43.2 Å². The number of hydrogen-bond acceptors (Lipinski definition) is 7. The van der Waals surface area contributed by atoms with Crippen LogP contribution in [0.1, 0.15) is 44.1 Å². The van der Waals surface area contributed by atoms with Gasteiger partial charge in [0.05, 0.1) is 25.6 Å². The number of hydrogen-bond donors (Lipinski definition) is 0. The second-order valence-electron chi connectivity index (χ2n) is 10.2. The Morgan fingerprint density at radius 3 is 2.14 bits per heavy atom. The third-order valence-corrected chi connectivity index (χ3v) is 7.67. The SMILES string of the molecule is Cn1c(=O)n(CN2CCCCC2)c(=O)c2c1nc1n2CC(c2ccccc2)=NN1CN1CCCCC1. The predicted molar refractivity (Wildman–Crippen MR) is 140 cm³/mol. The van der Waals surface area contributed by atoms with Gasteiger partial charge in [0.2, 0.25) is 5.95 Å². The van der Waals surface area contributed by atoms with Crippen molar-refractivity contribution in [2.75, 3.05) is 37.9 Å². The third kappa shape index (κ3) is 4.18. The highest BCUT2D eigenvalue weighted by Gasteiger charge is 2.30. The molecule has 0 amide bonds. The van der Waals surface area contributed by atoms with E-state index in [1.54, 1.807) is 7.05 Å². The van der Waals surface area contributed by atoms with Crippen LogP contribution in [0, 0.1) is 0 Å². The van der Waals surface area contributed by atoms with Crippen LogP contribution < -0.4 is 16.3 Å². The summed E-state index contributed by atoms with van der Waals surface area (Å²) in [6.45, 7) is 5.22. The van der Waals surface area contributed by atoms with Crippen molar-refractivity contribution < 1.29 is 0 Å². The zero-order valence-electron chi connectivity index (χ0n) is 21.0. The van der Waals surface area contributed by atoms with Crippen molar-refractivity contribution >= 4 is 22.8 Å². The van der Waals surface area contributed by atoms with Crippen LogP contribution in [0.4, 0.5) is 5.95 Å². The molecule has 0 N–H and O–H groups in total. The van der Waals surface area contributed by atoms with Crippen LogP contribution >= 0.6 is 0 Å². The number of fused-ring (bicyclic) bond motifs is 3. The van der Waals surface area contributed by atoms with Crippen molar-refractivity contribution in [1.29, 1.82) is 0 Å². The highest BCUT2D eigenvalue weighted by Crippen LogP contribution is 2.26. The molecule has 190 valence electrons. The maximum Gasteiger partial charge on any atom is 0.333 e. The fourth-order valence-corrected chi connectivity index (χ4v) is 5.67. The lowest BCUT2D eigenvalue weighted by molar-refractivity contribution is 0.176. The summed E-state index contributed by atoms with van der Waals surface area (Å²) in [7, 11) is 1.71. The van der Waals surface area contributed by atoms with Crippen molar-refractivity contribution in [3.63, 3.8) is 0 Å². The molecule has 6 rings (SSSR count). The topological polar surface area (TPSA) is 83.9 Å². The average molecular weight is 491 g/mol. The molecule has 0 unspecified atom stereocenters. The largest absolute Gasteiger partial charge is 0.333 e. The molecule has 0 aliphatic carbocycles. The minimum Gasteiger partial charge on any atom is -0.297 e. The van der Waals surface area contributed by atoms with Gasteiger partial charge >= 0.3 is 5.69 Å². The minimum absolute atomic E-state index is 0.273. The van der Waals surface area contributed by atoms with Crippen LogP contribution in [0.15, 0.2) is 45.0 Å². The van der Waals surface area contributed by atoms with Crippen LogP contribution in [0.3, 0.4) is 0 Å². The number of aryl methyl sites for hydroxylation is 1. The second kappa shape index (κ2) is 9.67. The van der Waals surface area contributed by atoms with Crippen molar-refractivity contribution in [2.24, 2.45) is 12.1 Å². The number of aromatic nitrogens is 4. The monoisotopic (exact) mass is 490 g/mol. The summed E-state index contributed by atoms with van der Waals surface area (Å²) in [5.41, 5.74) is 2.20. The van der Waals surface area contributed by atoms with E-state index in [4.69, 9.17) is 10.1 Å².